The number of rotatable bonds is 8. The summed E-state index contributed by atoms with van der Waals surface area (Å²) in [5, 5.41) is 2.33. The predicted molar refractivity (Wildman–Crippen MR) is 103 cm³/mol. The Morgan fingerprint density at radius 1 is 1.16 bits per heavy atom. The van der Waals surface area contributed by atoms with Crippen LogP contribution in [-0.4, -0.2) is 49.2 Å². The first-order chi connectivity index (χ1) is 12.1. The van der Waals surface area contributed by atoms with E-state index >= 15 is 0 Å². The molecular formula is C20H27N3O2. The van der Waals surface area contributed by atoms with Crippen LogP contribution in [0.15, 0.2) is 24.4 Å². The molecule has 1 aromatic carbocycles. The van der Waals surface area contributed by atoms with Crippen molar-refractivity contribution in [3.63, 3.8) is 0 Å². The summed E-state index contributed by atoms with van der Waals surface area (Å²) in [5.74, 6) is 1.55. The third-order valence-corrected chi connectivity index (χ3v) is 4.37. The molecule has 0 fully saturated rings. The molecule has 2 heterocycles. The lowest BCUT2D eigenvalue weighted by Crippen LogP contribution is -2.15. The standard InChI is InChI=1S/C20H27N3O2/c1-5-7-15-20-14-12-18(24-4)19(25-11-6-10-23(2)3)13-17(14)22-16(20)8-9-21-15/h8-9,12-13,22H,5-7,10-11H2,1-4H3. The van der Waals surface area contributed by atoms with Crippen molar-refractivity contribution in [1.82, 2.24) is 14.9 Å². The van der Waals surface area contributed by atoms with Gasteiger partial charge in [0.1, 0.15) is 0 Å². The summed E-state index contributed by atoms with van der Waals surface area (Å²) >= 11 is 0. The molecule has 0 aliphatic rings. The van der Waals surface area contributed by atoms with E-state index in [0.717, 1.165) is 59.4 Å². The monoisotopic (exact) mass is 341 g/mol. The predicted octanol–water partition coefficient (Wildman–Crippen LogP) is 4.01. The molecule has 0 saturated carbocycles. The van der Waals surface area contributed by atoms with Gasteiger partial charge >= 0.3 is 0 Å². The topological polar surface area (TPSA) is 50.4 Å². The Hall–Kier alpha value is -2.27. The molecule has 0 aliphatic carbocycles. The molecule has 5 nitrogen and oxygen atoms in total. The van der Waals surface area contributed by atoms with Crippen LogP contribution < -0.4 is 9.47 Å². The van der Waals surface area contributed by atoms with Gasteiger partial charge in [0.15, 0.2) is 11.5 Å². The number of methoxy groups -OCH3 is 1. The van der Waals surface area contributed by atoms with Crippen molar-refractivity contribution in [3.8, 4) is 11.5 Å². The molecule has 0 saturated heterocycles. The summed E-state index contributed by atoms with van der Waals surface area (Å²) in [5.41, 5.74) is 3.30. The fraction of sp³-hybridized carbons (Fsp3) is 0.450. The third-order valence-electron chi connectivity index (χ3n) is 4.37. The molecule has 0 spiro atoms. The van der Waals surface area contributed by atoms with Crippen LogP contribution in [0.25, 0.3) is 21.8 Å². The van der Waals surface area contributed by atoms with Crippen LogP contribution in [0.4, 0.5) is 0 Å². The number of hydrogen-bond acceptors (Lipinski definition) is 4. The molecule has 134 valence electrons. The van der Waals surface area contributed by atoms with E-state index in [9.17, 15) is 0 Å². The van der Waals surface area contributed by atoms with Gasteiger partial charge in [-0.3, -0.25) is 4.98 Å². The van der Waals surface area contributed by atoms with Gasteiger partial charge in [0, 0.05) is 35.1 Å². The van der Waals surface area contributed by atoms with Crippen LogP contribution in [0.2, 0.25) is 0 Å². The first kappa shape index (κ1) is 17.5. The van der Waals surface area contributed by atoms with Gasteiger partial charge < -0.3 is 19.4 Å². The third kappa shape index (κ3) is 3.71. The van der Waals surface area contributed by atoms with E-state index in [4.69, 9.17) is 9.47 Å². The number of hydrogen-bond donors (Lipinski definition) is 1. The maximum absolute atomic E-state index is 5.97. The van der Waals surface area contributed by atoms with Crippen molar-refractivity contribution in [2.45, 2.75) is 26.2 Å². The largest absolute Gasteiger partial charge is 0.493 e. The van der Waals surface area contributed by atoms with Crippen molar-refractivity contribution in [1.29, 1.82) is 0 Å². The maximum Gasteiger partial charge on any atom is 0.163 e. The van der Waals surface area contributed by atoms with Gasteiger partial charge in [0.05, 0.1) is 24.9 Å². The highest BCUT2D eigenvalue weighted by Crippen LogP contribution is 2.37. The van der Waals surface area contributed by atoms with Gasteiger partial charge in [-0.25, -0.2) is 0 Å². The first-order valence-electron chi connectivity index (χ1n) is 8.89. The van der Waals surface area contributed by atoms with E-state index in [0.29, 0.717) is 6.61 Å². The van der Waals surface area contributed by atoms with Crippen molar-refractivity contribution in [2.24, 2.45) is 0 Å². The lowest BCUT2D eigenvalue weighted by atomic mass is 10.1. The Morgan fingerprint density at radius 3 is 2.72 bits per heavy atom. The van der Waals surface area contributed by atoms with E-state index in [1.165, 1.54) is 5.39 Å². The number of H-pyrrole nitrogens is 1. The van der Waals surface area contributed by atoms with Crippen LogP contribution >= 0.6 is 0 Å². The molecular weight excluding hydrogens is 314 g/mol. The molecule has 0 radical (unpaired) electrons. The Balaban J connectivity index is 1.98. The minimum atomic E-state index is 0.670. The molecule has 0 unspecified atom stereocenters. The first-order valence-corrected chi connectivity index (χ1v) is 8.89. The number of ether oxygens (including phenoxy) is 2. The van der Waals surface area contributed by atoms with Gasteiger partial charge in [0.2, 0.25) is 0 Å². The minimum absolute atomic E-state index is 0.670. The molecule has 1 N–H and O–H groups in total. The highest BCUT2D eigenvalue weighted by molar-refractivity contribution is 6.09. The summed E-state index contributed by atoms with van der Waals surface area (Å²) in [6.07, 6.45) is 4.89. The highest BCUT2D eigenvalue weighted by atomic mass is 16.5. The summed E-state index contributed by atoms with van der Waals surface area (Å²) in [6.45, 7) is 3.85. The quantitative estimate of drug-likeness (QED) is 0.629. The fourth-order valence-corrected chi connectivity index (χ4v) is 3.19. The van der Waals surface area contributed by atoms with Crippen LogP contribution in [0.5, 0.6) is 11.5 Å². The Bertz CT molecular complexity index is 855. The van der Waals surface area contributed by atoms with E-state index in [-0.39, 0.29) is 0 Å². The molecule has 3 rings (SSSR count). The van der Waals surface area contributed by atoms with Crippen molar-refractivity contribution in [3.05, 3.63) is 30.1 Å². The summed E-state index contributed by atoms with van der Waals surface area (Å²) in [6, 6.07) is 6.13. The van der Waals surface area contributed by atoms with Gasteiger partial charge in [-0.15, -0.1) is 0 Å². The number of nitrogens with zero attached hydrogens (tertiary/aromatic N) is 2. The normalized spacial score (nSPS) is 11.6. The zero-order valence-corrected chi connectivity index (χ0v) is 15.6. The number of pyridine rings is 1. The summed E-state index contributed by atoms with van der Waals surface area (Å²) in [7, 11) is 5.83. The van der Waals surface area contributed by atoms with Crippen LogP contribution in [0.1, 0.15) is 25.5 Å². The second-order valence-corrected chi connectivity index (χ2v) is 6.61. The molecule has 2 aromatic heterocycles. The number of aromatic nitrogens is 2. The zero-order chi connectivity index (χ0) is 17.8. The Kier molecular flexibility index (Phi) is 5.43. The molecule has 0 amide bonds. The van der Waals surface area contributed by atoms with Gasteiger partial charge in [-0.1, -0.05) is 13.3 Å². The molecule has 25 heavy (non-hydrogen) atoms. The Labute approximate surface area is 148 Å². The second-order valence-electron chi connectivity index (χ2n) is 6.61. The smallest absolute Gasteiger partial charge is 0.163 e. The van der Waals surface area contributed by atoms with E-state index in [1.54, 1.807) is 7.11 Å². The minimum Gasteiger partial charge on any atom is -0.493 e. The van der Waals surface area contributed by atoms with Gasteiger partial charge in [0.25, 0.3) is 0 Å². The van der Waals surface area contributed by atoms with Crippen LogP contribution in [0.3, 0.4) is 0 Å². The van der Waals surface area contributed by atoms with Crippen molar-refractivity contribution >= 4 is 21.8 Å². The lowest BCUT2D eigenvalue weighted by Gasteiger charge is -2.13. The van der Waals surface area contributed by atoms with Gasteiger partial charge in [-0.05, 0) is 39.1 Å². The van der Waals surface area contributed by atoms with Gasteiger partial charge in [-0.2, -0.15) is 0 Å². The van der Waals surface area contributed by atoms with Crippen molar-refractivity contribution in [2.75, 3.05) is 34.4 Å². The average molecular weight is 341 g/mol. The molecule has 5 heteroatoms. The zero-order valence-electron chi connectivity index (χ0n) is 15.6. The van der Waals surface area contributed by atoms with Crippen LogP contribution in [0, 0.1) is 0 Å². The number of nitrogens with one attached hydrogen (secondary N) is 1. The summed E-state index contributed by atoms with van der Waals surface area (Å²) < 4.78 is 11.6. The SMILES string of the molecule is CCCc1nccc2[nH]c3cc(OCCCN(C)C)c(OC)cc3c12. The maximum atomic E-state index is 5.97. The molecule has 0 bridgehead atoms. The highest BCUT2D eigenvalue weighted by Gasteiger charge is 2.14. The van der Waals surface area contributed by atoms with Crippen molar-refractivity contribution < 1.29 is 9.47 Å². The van der Waals surface area contributed by atoms with E-state index < -0.39 is 0 Å². The summed E-state index contributed by atoms with van der Waals surface area (Å²) in [4.78, 5) is 10.2. The lowest BCUT2D eigenvalue weighted by molar-refractivity contribution is 0.268. The van der Waals surface area contributed by atoms with Crippen LogP contribution in [-0.2, 0) is 6.42 Å². The number of aryl methyl sites for hydroxylation is 1. The number of aromatic amines is 1. The molecule has 3 aromatic rings. The second kappa shape index (κ2) is 7.74. The Morgan fingerprint density at radius 2 is 2.00 bits per heavy atom. The number of benzene rings is 1. The molecule has 0 atom stereocenters. The number of fused-ring (bicyclic) bond motifs is 3. The average Bonchev–Trinajstić information content (AvgIpc) is 2.96. The van der Waals surface area contributed by atoms with E-state index in [1.807, 2.05) is 18.3 Å². The molecule has 0 aliphatic heterocycles. The van der Waals surface area contributed by atoms with E-state index in [2.05, 4.69) is 42.0 Å². The fourth-order valence-electron chi connectivity index (χ4n) is 3.19.